The van der Waals surface area contributed by atoms with E-state index in [1.165, 1.54) is 18.3 Å². The van der Waals surface area contributed by atoms with Crippen LogP contribution in [0.5, 0.6) is 11.5 Å². The summed E-state index contributed by atoms with van der Waals surface area (Å²) in [7, 11) is 0. The molecule has 3 aromatic carbocycles. The lowest BCUT2D eigenvalue weighted by Gasteiger charge is -2.10. The number of benzene rings is 3. The first kappa shape index (κ1) is 22.5. The molecule has 3 aromatic rings. The lowest BCUT2D eigenvalue weighted by atomic mass is 10.2. The molecule has 2 amide bonds. The molecule has 3 rings (SSSR count). The molecule has 164 valence electrons. The summed E-state index contributed by atoms with van der Waals surface area (Å²) in [5.74, 6) is -1.05. The first-order valence-corrected chi connectivity index (χ1v) is 9.88. The molecule has 7 nitrogen and oxygen atoms in total. The summed E-state index contributed by atoms with van der Waals surface area (Å²) in [6.07, 6.45) is 1.39. The van der Waals surface area contributed by atoms with Crippen molar-refractivity contribution in [3.8, 4) is 11.5 Å². The van der Waals surface area contributed by atoms with Gasteiger partial charge in [0.25, 0.3) is 0 Å². The highest BCUT2D eigenvalue weighted by molar-refractivity contribution is 6.39. The highest BCUT2D eigenvalue weighted by Gasteiger charge is 2.15. The predicted molar refractivity (Wildman–Crippen MR) is 119 cm³/mol. The maximum Gasteiger partial charge on any atom is 0.329 e. The number of carbonyl (C=O) groups is 2. The van der Waals surface area contributed by atoms with Gasteiger partial charge in [-0.3, -0.25) is 9.59 Å². The van der Waals surface area contributed by atoms with Gasteiger partial charge >= 0.3 is 11.8 Å². The molecule has 0 saturated carbocycles. The Hall–Kier alpha value is -4.20. The van der Waals surface area contributed by atoms with Crippen molar-refractivity contribution >= 4 is 23.7 Å². The van der Waals surface area contributed by atoms with E-state index in [-0.39, 0.29) is 12.4 Å². The number of anilines is 1. The fourth-order valence-electron chi connectivity index (χ4n) is 2.68. The molecule has 32 heavy (non-hydrogen) atoms. The lowest BCUT2D eigenvalue weighted by molar-refractivity contribution is -0.136. The van der Waals surface area contributed by atoms with Crippen LogP contribution in [0.1, 0.15) is 18.1 Å². The minimum atomic E-state index is -0.920. The van der Waals surface area contributed by atoms with Gasteiger partial charge in [-0.05, 0) is 54.4 Å². The number of nitrogens with zero attached hydrogens (tertiary/aromatic N) is 1. The van der Waals surface area contributed by atoms with Crippen LogP contribution in [0.2, 0.25) is 0 Å². The van der Waals surface area contributed by atoms with Gasteiger partial charge in [-0.2, -0.15) is 5.10 Å². The zero-order chi connectivity index (χ0) is 22.8. The highest BCUT2D eigenvalue weighted by atomic mass is 19.1. The first-order valence-electron chi connectivity index (χ1n) is 9.88. The van der Waals surface area contributed by atoms with E-state index in [4.69, 9.17) is 9.47 Å². The fourth-order valence-corrected chi connectivity index (χ4v) is 2.68. The van der Waals surface area contributed by atoms with E-state index >= 15 is 0 Å². The molecule has 0 aliphatic heterocycles. The zero-order valence-electron chi connectivity index (χ0n) is 17.4. The Morgan fingerprint density at radius 2 is 1.75 bits per heavy atom. The summed E-state index contributed by atoms with van der Waals surface area (Å²) in [5.41, 5.74) is 4.06. The predicted octanol–water partition coefficient (Wildman–Crippen LogP) is 3.89. The van der Waals surface area contributed by atoms with Gasteiger partial charge in [-0.15, -0.1) is 0 Å². The third-order valence-electron chi connectivity index (χ3n) is 4.20. The van der Waals surface area contributed by atoms with Crippen molar-refractivity contribution in [1.82, 2.24) is 5.43 Å². The Labute approximate surface area is 184 Å². The van der Waals surface area contributed by atoms with Crippen LogP contribution in [0.4, 0.5) is 10.1 Å². The van der Waals surface area contributed by atoms with Crippen molar-refractivity contribution in [2.45, 2.75) is 13.5 Å². The molecule has 0 saturated heterocycles. The first-order chi connectivity index (χ1) is 15.5. The number of para-hydroxylation sites is 2. The number of hydrazone groups is 1. The summed E-state index contributed by atoms with van der Waals surface area (Å²) < 4.78 is 24.1. The Morgan fingerprint density at radius 1 is 0.969 bits per heavy atom. The number of halogens is 1. The summed E-state index contributed by atoms with van der Waals surface area (Å²) in [5, 5.41) is 6.31. The normalized spacial score (nSPS) is 10.6. The van der Waals surface area contributed by atoms with E-state index in [2.05, 4.69) is 15.8 Å². The second kappa shape index (κ2) is 11.3. The van der Waals surface area contributed by atoms with Gasteiger partial charge in [0.1, 0.15) is 23.9 Å². The number of amides is 2. The van der Waals surface area contributed by atoms with Crippen molar-refractivity contribution < 1.29 is 23.5 Å². The van der Waals surface area contributed by atoms with Crippen molar-refractivity contribution in [2.75, 3.05) is 11.9 Å². The van der Waals surface area contributed by atoms with Crippen LogP contribution >= 0.6 is 0 Å². The van der Waals surface area contributed by atoms with E-state index in [1.54, 1.807) is 60.7 Å². The molecule has 0 unspecified atom stereocenters. The molecule has 8 heteroatoms. The average molecular weight is 435 g/mol. The summed E-state index contributed by atoms with van der Waals surface area (Å²) >= 11 is 0. The Morgan fingerprint density at radius 3 is 2.53 bits per heavy atom. The quantitative estimate of drug-likeness (QED) is 0.319. The zero-order valence-corrected chi connectivity index (χ0v) is 17.4. The second-order valence-electron chi connectivity index (χ2n) is 6.57. The van der Waals surface area contributed by atoms with Crippen LogP contribution < -0.4 is 20.2 Å². The second-order valence-corrected chi connectivity index (χ2v) is 6.57. The Balaban J connectivity index is 1.52. The van der Waals surface area contributed by atoms with Crippen molar-refractivity contribution in [2.24, 2.45) is 5.10 Å². The molecule has 0 aromatic heterocycles. The van der Waals surface area contributed by atoms with Crippen LogP contribution in [0.3, 0.4) is 0 Å². The molecular formula is C24H22FN3O4. The molecule has 0 aliphatic rings. The van der Waals surface area contributed by atoms with Gasteiger partial charge < -0.3 is 14.8 Å². The summed E-state index contributed by atoms with van der Waals surface area (Å²) in [4.78, 5) is 24.1. The third-order valence-corrected chi connectivity index (χ3v) is 4.20. The summed E-state index contributed by atoms with van der Waals surface area (Å²) in [6.45, 7) is 2.53. The average Bonchev–Trinajstić information content (AvgIpc) is 2.80. The van der Waals surface area contributed by atoms with E-state index in [1.807, 2.05) is 6.92 Å². The van der Waals surface area contributed by atoms with Gasteiger partial charge in [-0.1, -0.05) is 36.4 Å². The number of nitrogens with one attached hydrogen (secondary N) is 2. The van der Waals surface area contributed by atoms with E-state index in [0.29, 0.717) is 29.4 Å². The van der Waals surface area contributed by atoms with Gasteiger partial charge in [0.2, 0.25) is 0 Å². The number of hydrogen-bond donors (Lipinski definition) is 2. The van der Waals surface area contributed by atoms with Crippen LogP contribution in [-0.4, -0.2) is 24.6 Å². The molecule has 0 spiro atoms. The number of ether oxygens (including phenoxy) is 2. The minimum absolute atomic E-state index is 0.279. The van der Waals surface area contributed by atoms with Crippen LogP contribution in [0.15, 0.2) is 77.9 Å². The SMILES string of the molecule is CCOc1ccccc1NC(=O)C(=O)N/N=C\c1cccc(OCc2ccc(F)cc2)c1. The van der Waals surface area contributed by atoms with E-state index in [0.717, 1.165) is 5.56 Å². The largest absolute Gasteiger partial charge is 0.492 e. The fraction of sp³-hybridized carbons (Fsp3) is 0.125. The van der Waals surface area contributed by atoms with Crippen LogP contribution in [0, 0.1) is 5.82 Å². The van der Waals surface area contributed by atoms with Gasteiger partial charge in [0.05, 0.1) is 18.5 Å². The number of carbonyl (C=O) groups excluding carboxylic acids is 2. The Bertz CT molecular complexity index is 1100. The maximum atomic E-state index is 13.0. The molecule has 0 fully saturated rings. The van der Waals surface area contributed by atoms with Crippen molar-refractivity contribution in [3.63, 3.8) is 0 Å². The standard InChI is InChI=1S/C24H22FN3O4/c1-2-31-22-9-4-3-8-21(22)27-23(29)24(30)28-26-15-18-6-5-7-20(14-18)32-16-17-10-12-19(25)13-11-17/h3-15H,2,16H2,1H3,(H,27,29)(H,28,30)/b26-15-. The van der Waals surface area contributed by atoms with E-state index < -0.39 is 11.8 Å². The molecule has 0 bridgehead atoms. The van der Waals surface area contributed by atoms with Gasteiger partial charge in [0.15, 0.2) is 0 Å². The molecular weight excluding hydrogens is 413 g/mol. The topological polar surface area (TPSA) is 89.0 Å². The molecule has 0 radical (unpaired) electrons. The molecule has 0 heterocycles. The number of hydrogen-bond acceptors (Lipinski definition) is 5. The molecule has 0 atom stereocenters. The van der Waals surface area contributed by atoms with E-state index in [9.17, 15) is 14.0 Å². The monoisotopic (exact) mass is 435 g/mol. The molecule has 0 aliphatic carbocycles. The number of rotatable bonds is 8. The minimum Gasteiger partial charge on any atom is -0.492 e. The van der Waals surface area contributed by atoms with Gasteiger partial charge in [0, 0.05) is 0 Å². The van der Waals surface area contributed by atoms with Crippen molar-refractivity contribution in [3.05, 3.63) is 89.7 Å². The van der Waals surface area contributed by atoms with Crippen LogP contribution in [0.25, 0.3) is 0 Å². The van der Waals surface area contributed by atoms with Gasteiger partial charge in [-0.25, -0.2) is 9.82 Å². The maximum absolute atomic E-state index is 13.0. The smallest absolute Gasteiger partial charge is 0.329 e. The Kier molecular flexibility index (Phi) is 7.91. The summed E-state index contributed by atoms with van der Waals surface area (Å²) in [6, 6.07) is 19.9. The van der Waals surface area contributed by atoms with Crippen molar-refractivity contribution in [1.29, 1.82) is 0 Å². The highest BCUT2D eigenvalue weighted by Crippen LogP contribution is 2.23. The van der Waals surface area contributed by atoms with Crippen LogP contribution in [-0.2, 0) is 16.2 Å². The lowest BCUT2D eigenvalue weighted by Crippen LogP contribution is -2.32. The molecule has 2 N–H and O–H groups in total. The third kappa shape index (κ3) is 6.66.